The highest BCUT2D eigenvalue weighted by Crippen LogP contribution is 2.42. The summed E-state index contributed by atoms with van der Waals surface area (Å²) in [6, 6.07) is 7.63. The summed E-state index contributed by atoms with van der Waals surface area (Å²) in [6.07, 6.45) is 2.82. The van der Waals surface area contributed by atoms with Gasteiger partial charge in [-0.05, 0) is 24.3 Å². The Hall–Kier alpha value is -3.20. The van der Waals surface area contributed by atoms with Gasteiger partial charge in [0.25, 0.3) is 5.88 Å². The maximum Gasteiger partial charge on any atom is 0.250 e. The Morgan fingerprint density at radius 3 is 2.85 bits per heavy atom. The molecule has 1 aliphatic rings. The smallest absolute Gasteiger partial charge is 0.250 e. The first-order valence-electron chi connectivity index (χ1n) is 7.75. The van der Waals surface area contributed by atoms with E-state index in [4.69, 9.17) is 9.47 Å². The lowest BCUT2D eigenvalue weighted by molar-refractivity contribution is 0.369. The second-order valence-corrected chi connectivity index (χ2v) is 6.46. The van der Waals surface area contributed by atoms with Gasteiger partial charge >= 0.3 is 0 Å². The molecule has 2 heterocycles. The van der Waals surface area contributed by atoms with Crippen molar-refractivity contribution in [3.63, 3.8) is 0 Å². The Morgan fingerprint density at radius 1 is 1.22 bits per heavy atom. The van der Waals surface area contributed by atoms with Gasteiger partial charge in [-0.1, -0.05) is 15.9 Å². The molecule has 0 unspecified atom stereocenters. The number of ether oxygens (including phenoxy) is 2. The fourth-order valence-corrected chi connectivity index (χ4v) is 2.85. The van der Waals surface area contributed by atoms with Gasteiger partial charge in [0.05, 0.1) is 12.8 Å². The van der Waals surface area contributed by atoms with Gasteiger partial charge in [-0.15, -0.1) is 0 Å². The number of aromatic hydroxyl groups is 1. The fourth-order valence-electron chi connectivity index (χ4n) is 2.52. The van der Waals surface area contributed by atoms with Gasteiger partial charge < -0.3 is 19.9 Å². The van der Waals surface area contributed by atoms with E-state index >= 15 is 0 Å². The zero-order chi connectivity index (χ0) is 19.0. The number of nitrogens with zero attached hydrogens (tertiary/aromatic N) is 3. The van der Waals surface area contributed by atoms with Crippen molar-refractivity contribution >= 4 is 39.3 Å². The molecule has 4 rings (SSSR count). The quantitative estimate of drug-likeness (QED) is 0.489. The van der Waals surface area contributed by atoms with E-state index in [-0.39, 0.29) is 28.9 Å². The summed E-state index contributed by atoms with van der Waals surface area (Å²) in [5.74, 6) is 0.572. The Bertz CT molecular complexity index is 1070. The number of phenolic OH excluding ortho intramolecular Hbond substituents is 1. The number of hydrogen-bond acceptors (Lipinski definition) is 7. The lowest BCUT2D eigenvalue weighted by Gasteiger charge is -2.12. The minimum absolute atomic E-state index is 0.0718. The summed E-state index contributed by atoms with van der Waals surface area (Å²) in [6.45, 7) is 0. The Morgan fingerprint density at radius 2 is 2.07 bits per heavy atom. The predicted molar refractivity (Wildman–Crippen MR) is 101 cm³/mol. The topological polar surface area (TPSA) is 88.9 Å². The standard InChI is InChI=1S/C18H12BrFN4O3/c1-26-15-4-9-7-21-16-17(24-12-3-2-10(19)5-11(12)20)22-8-23-18(16)27-14(9)6-13(15)25/h2-8,25H,1H3,(H,22,23,24). The van der Waals surface area contributed by atoms with E-state index in [1.165, 1.54) is 31.8 Å². The maximum atomic E-state index is 14.1. The molecule has 27 heavy (non-hydrogen) atoms. The van der Waals surface area contributed by atoms with Crippen molar-refractivity contribution in [3.8, 4) is 23.1 Å². The number of halogens is 2. The van der Waals surface area contributed by atoms with E-state index in [0.29, 0.717) is 21.5 Å². The third-order valence-corrected chi connectivity index (χ3v) is 4.32. The molecule has 2 aromatic carbocycles. The Labute approximate surface area is 161 Å². The highest BCUT2D eigenvalue weighted by atomic mass is 79.9. The van der Waals surface area contributed by atoms with E-state index in [2.05, 4.69) is 36.2 Å². The van der Waals surface area contributed by atoms with Gasteiger partial charge in [0.15, 0.2) is 23.0 Å². The number of aliphatic imine (C=N–C) groups is 1. The van der Waals surface area contributed by atoms with E-state index < -0.39 is 5.82 Å². The lowest BCUT2D eigenvalue weighted by atomic mass is 10.2. The van der Waals surface area contributed by atoms with Gasteiger partial charge in [0, 0.05) is 22.3 Å². The Kier molecular flexibility index (Phi) is 4.36. The summed E-state index contributed by atoms with van der Waals surface area (Å²) in [7, 11) is 1.45. The first kappa shape index (κ1) is 17.2. The number of benzene rings is 2. The maximum absolute atomic E-state index is 14.1. The van der Waals surface area contributed by atoms with Crippen LogP contribution in [0, 0.1) is 5.82 Å². The molecule has 2 N–H and O–H groups in total. The third-order valence-electron chi connectivity index (χ3n) is 3.82. The van der Waals surface area contributed by atoms with E-state index in [9.17, 15) is 9.50 Å². The number of anilines is 2. The summed E-state index contributed by atoms with van der Waals surface area (Å²) in [5, 5.41) is 12.9. The van der Waals surface area contributed by atoms with Crippen LogP contribution < -0.4 is 14.8 Å². The largest absolute Gasteiger partial charge is 0.504 e. The van der Waals surface area contributed by atoms with Crippen LogP contribution in [0.1, 0.15) is 5.56 Å². The molecule has 0 bridgehead atoms. The summed E-state index contributed by atoms with van der Waals surface area (Å²) in [4.78, 5) is 12.6. The molecule has 7 nitrogen and oxygen atoms in total. The molecule has 9 heteroatoms. The van der Waals surface area contributed by atoms with Crippen molar-refractivity contribution in [2.45, 2.75) is 0 Å². The molecular weight excluding hydrogens is 419 g/mol. The van der Waals surface area contributed by atoms with Crippen molar-refractivity contribution in [2.24, 2.45) is 4.99 Å². The van der Waals surface area contributed by atoms with E-state index in [0.717, 1.165) is 0 Å². The molecule has 0 spiro atoms. The van der Waals surface area contributed by atoms with Crippen LogP contribution in [-0.4, -0.2) is 28.4 Å². The number of nitrogens with one attached hydrogen (secondary N) is 1. The van der Waals surface area contributed by atoms with Gasteiger partial charge in [0.2, 0.25) is 0 Å². The molecular formula is C18H12BrFN4O3. The van der Waals surface area contributed by atoms with Crippen LogP contribution in [0.3, 0.4) is 0 Å². The number of phenols is 1. The molecule has 1 aromatic heterocycles. The van der Waals surface area contributed by atoms with Gasteiger partial charge in [0.1, 0.15) is 17.9 Å². The average Bonchev–Trinajstić information content (AvgIpc) is 2.82. The molecule has 0 saturated carbocycles. The molecule has 0 radical (unpaired) electrons. The number of rotatable bonds is 3. The van der Waals surface area contributed by atoms with Crippen LogP contribution in [0.15, 0.2) is 46.1 Å². The highest BCUT2D eigenvalue weighted by Gasteiger charge is 2.20. The number of methoxy groups -OCH3 is 1. The second kappa shape index (κ2) is 6.84. The zero-order valence-electron chi connectivity index (χ0n) is 13.9. The van der Waals surface area contributed by atoms with Crippen LogP contribution in [0.2, 0.25) is 0 Å². The first-order chi connectivity index (χ1) is 13.0. The predicted octanol–water partition coefficient (Wildman–Crippen LogP) is 4.69. The average molecular weight is 431 g/mol. The molecule has 0 fully saturated rings. The summed E-state index contributed by atoms with van der Waals surface area (Å²) >= 11 is 3.22. The normalized spacial score (nSPS) is 11.8. The van der Waals surface area contributed by atoms with Crippen molar-refractivity contribution in [1.29, 1.82) is 0 Å². The van der Waals surface area contributed by atoms with Crippen LogP contribution in [0.25, 0.3) is 0 Å². The monoisotopic (exact) mass is 430 g/mol. The minimum Gasteiger partial charge on any atom is -0.504 e. The molecule has 0 saturated heterocycles. The first-order valence-corrected chi connectivity index (χ1v) is 8.54. The molecule has 136 valence electrons. The van der Waals surface area contributed by atoms with Crippen LogP contribution in [0.4, 0.5) is 21.6 Å². The number of hydrogen-bond donors (Lipinski definition) is 2. The molecule has 0 aliphatic carbocycles. The lowest BCUT2D eigenvalue weighted by Crippen LogP contribution is -1.99. The number of fused-ring (bicyclic) bond motifs is 2. The highest BCUT2D eigenvalue weighted by molar-refractivity contribution is 9.10. The van der Waals surface area contributed by atoms with Crippen molar-refractivity contribution in [2.75, 3.05) is 12.4 Å². The fraction of sp³-hybridized carbons (Fsp3) is 0.0556. The van der Waals surface area contributed by atoms with Gasteiger partial charge in [-0.2, -0.15) is 4.98 Å². The Balaban J connectivity index is 1.75. The summed E-state index contributed by atoms with van der Waals surface area (Å²) in [5.41, 5.74) is 1.12. The molecule has 3 aromatic rings. The van der Waals surface area contributed by atoms with Crippen molar-refractivity contribution < 1.29 is 19.0 Å². The minimum atomic E-state index is -0.451. The zero-order valence-corrected chi connectivity index (χ0v) is 15.5. The van der Waals surface area contributed by atoms with Gasteiger partial charge in [-0.25, -0.2) is 14.4 Å². The van der Waals surface area contributed by atoms with E-state index in [1.54, 1.807) is 18.2 Å². The van der Waals surface area contributed by atoms with Crippen LogP contribution >= 0.6 is 15.9 Å². The van der Waals surface area contributed by atoms with Crippen molar-refractivity contribution in [1.82, 2.24) is 9.97 Å². The number of aromatic nitrogens is 2. The van der Waals surface area contributed by atoms with Crippen LogP contribution in [-0.2, 0) is 0 Å². The molecule has 1 aliphatic heterocycles. The van der Waals surface area contributed by atoms with Crippen LogP contribution in [0.5, 0.6) is 23.1 Å². The third kappa shape index (κ3) is 3.28. The van der Waals surface area contributed by atoms with Gasteiger partial charge in [-0.3, -0.25) is 0 Å². The van der Waals surface area contributed by atoms with Crippen molar-refractivity contribution in [3.05, 3.63) is 52.5 Å². The molecule has 0 atom stereocenters. The molecule has 0 amide bonds. The van der Waals surface area contributed by atoms with E-state index in [1.807, 2.05) is 0 Å². The SMILES string of the molecule is COc1cc2c(cc1O)Oc1ncnc(Nc3ccc(Br)cc3F)c1N=C2. The summed E-state index contributed by atoms with van der Waals surface area (Å²) < 4.78 is 25.6. The second-order valence-electron chi connectivity index (χ2n) is 5.55.